The summed E-state index contributed by atoms with van der Waals surface area (Å²) in [6.07, 6.45) is 1.57. The molecule has 0 radical (unpaired) electrons. The van der Waals surface area contributed by atoms with E-state index in [9.17, 15) is 14.4 Å². The maximum atomic E-state index is 12.7. The Morgan fingerprint density at radius 3 is 2.93 bits per heavy atom. The Kier molecular flexibility index (Phi) is 5.08. The fourth-order valence-corrected chi connectivity index (χ4v) is 4.06. The van der Waals surface area contributed by atoms with E-state index in [1.807, 2.05) is 0 Å². The molecule has 29 heavy (non-hydrogen) atoms. The van der Waals surface area contributed by atoms with Crippen LogP contribution in [0.25, 0.3) is 11.0 Å². The van der Waals surface area contributed by atoms with Gasteiger partial charge in [-0.15, -0.1) is 11.3 Å². The smallest absolute Gasteiger partial charge is 0.268 e. The number of amides is 3. The summed E-state index contributed by atoms with van der Waals surface area (Å²) in [6, 6.07) is 6.87. The van der Waals surface area contributed by atoms with Gasteiger partial charge in [0.1, 0.15) is 0 Å². The number of para-hydroxylation sites is 1. The largest absolute Gasteiger partial charge is 0.351 e. The number of aromatic nitrogens is 2. The highest BCUT2D eigenvalue weighted by Gasteiger charge is 2.28. The minimum Gasteiger partial charge on any atom is -0.351 e. The van der Waals surface area contributed by atoms with Crippen LogP contribution in [0.4, 0.5) is 11.6 Å². The molecule has 1 aliphatic rings. The minimum absolute atomic E-state index is 0.0104. The van der Waals surface area contributed by atoms with Crippen molar-refractivity contribution in [1.29, 1.82) is 0 Å². The molecule has 0 bridgehead atoms. The molecule has 3 N–H and O–H groups in total. The summed E-state index contributed by atoms with van der Waals surface area (Å²) < 4.78 is 1.80. The second kappa shape index (κ2) is 7.69. The molecule has 3 amide bonds. The first-order chi connectivity index (χ1) is 13.9. The van der Waals surface area contributed by atoms with Gasteiger partial charge in [-0.05, 0) is 24.3 Å². The number of hydrogen-bond acceptors (Lipinski definition) is 5. The van der Waals surface area contributed by atoms with Crippen molar-refractivity contribution in [2.75, 3.05) is 10.6 Å². The van der Waals surface area contributed by atoms with Gasteiger partial charge in [-0.2, -0.15) is 0 Å². The number of nitrogens with one attached hydrogen (secondary N) is 3. The monoisotopic (exact) mass is 429 g/mol. The summed E-state index contributed by atoms with van der Waals surface area (Å²) in [6.45, 7) is 3.83. The molecule has 0 aliphatic carbocycles. The number of halogens is 1. The number of nitrogens with zero attached hydrogens (tertiary/aromatic N) is 2. The average Bonchev–Trinajstić information content (AvgIpc) is 3.26. The van der Waals surface area contributed by atoms with Crippen LogP contribution in [-0.2, 0) is 16.1 Å². The molecule has 3 aromatic rings. The molecule has 8 nitrogen and oxygen atoms in total. The molecule has 1 aliphatic heterocycles. The van der Waals surface area contributed by atoms with Gasteiger partial charge in [0.15, 0.2) is 0 Å². The summed E-state index contributed by atoms with van der Waals surface area (Å²) in [4.78, 5) is 40.3. The third kappa shape index (κ3) is 3.87. The Labute approximate surface area is 174 Å². The lowest BCUT2D eigenvalue weighted by atomic mass is 10.1. The van der Waals surface area contributed by atoms with Gasteiger partial charge in [0, 0.05) is 18.3 Å². The third-order valence-electron chi connectivity index (χ3n) is 4.42. The molecule has 0 spiro atoms. The van der Waals surface area contributed by atoms with Gasteiger partial charge < -0.3 is 15.2 Å². The number of carbonyl (C=O) groups excluding carboxylic acids is 3. The number of β-lactam (4-membered cyclic amide) rings is 1. The van der Waals surface area contributed by atoms with Crippen LogP contribution in [0, 0.1) is 0 Å². The van der Waals surface area contributed by atoms with E-state index >= 15 is 0 Å². The van der Waals surface area contributed by atoms with E-state index in [4.69, 9.17) is 11.6 Å². The highest BCUT2D eigenvalue weighted by molar-refractivity contribution is 7.12. The van der Waals surface area contributed by atoms with Crippen molar-refractivity contribution in [1.82, 2.24) is 14.9 Å². The molecule has 1 saturated heterocycles. The van der Waals surface area contributed by atoms with Crippen LogP contribution in [0.5, 0.6) is 0 Å². The van der Waals surface area contributed by atoms with Crippen molar-refractivity contribution in [3.05, 3.63) is 52.2 Å². The molecule has 2 aromatic heterocycles. The molecular formula is C19H16ClN5O3S. The second-order valence-electron chi connectivity index (χ2n) is 6.47. The number of imidazole rings is 1. The summed E-state index contributed by atoms with van der Waals surface area (Å²) in [5, 5.41) is 10.4. The lowest BCUT2D eigenvalue weighted by Crippen LogP contribution is -2.50. The van der Waals surface area contributed by atoms with Crippen molar-refractivity contribution < 1.29 is 14.4 Å². The molecule has 0 saturated carbocycles. The normalized spacial score (nSPS) is 15.5. The molecule has 1 fully saturated rings. The average molecular weight is 430 g/mol. The molecule has 3 heterocycles. The van der Waals surface area contributed by atoms with Crippen molar-refractivity contribution in [2.24, 2.45) is 0 Å². The molecule has 4 rings (SSSR count). The van der Waals surface area contributed by atoms with Gasteiger partial charge in [-0.1, -0.05) is 24.2 Å². The van der Waals surface area contributed by atoms with E-state index in [0.29, 0.717) is 45.5 Å². The number of carbonyl (C=O) groups is 3. The lowest BCUT2D eigenvalue weighted by Gasteiger charge is -2.28. The van der Waals surface area contributed by atoms with Crippen molar-refractivity contribution in [3.8, 4) is 0 Å². The topological polar surface area (TPSA) is 105 Å². The predicted molar refractivity (Wildman–Crippen MR) is 112 cm³/mol. The summed E-state index contributed by atoms with van der Waals surface area (Å²) >= 11 is 7.55. The summed E-state index contributed by atoms with van der Waals surface area (Å²) in [5.74, 6) is -0.388. The van der Waals surface area contributed by atoms with E-state index < -0.39 is 0 Å². The molecule has 1 aromatic carbocycles. The third-order valence-corrected chi connectivity index (χ3v) is 5.65. The van der Waals surface area contributed by atoms with Crippen LogP contribution in [0.1, 0.15) is 16.1 Å². The van der Waals surface area contributed by atoms with Gasteiger partial charge in [-0.25, -0.2) is 4.98 Å². The Morgan fingerprint density at radius 1 is 1.41 bits per heavy atom. The van der Waals surface area contributed by atoms with Gasteiger partial charge in [0.2, 0.25) is 17.8 Å². The maximum absolute atomic E-state index is 12.7. The van der Waals surface area contributed by atoms with E-state index in [2.05, 4.69) is 27.5 Å². The van der Waals surface area contributed by atoms with Crippen molar-refractivity contribution >= 4 is 63.3 Å². The molecule has 1 atom stereocenters. The van der Waals surface area contributed by atoms with Crippen LogP contribution in [0.15, 0.2) is 42.3 Å². The van der Waals surface area contributed by atoms with Gasteiger partial charge >= 0.3 is 0 Å². The fraction of sp³-hybridized carbons (Fsp3) is 0.158. The Balaban J connectivity index is 1.60. The molecule has 10 heteroatoms. The first-order valence-corrected chi connectivity index (χ1v) is 9.98. The Hall–Kier alpha value is -3.17. The van der Waals surface area contributed by atoms with Crippen LogP contribution in [0.2, 0.25) is 5.02 Å². The number of hydrogen-bond donors (Lipinski definition) is 3. The maximum Gasteiger partial charge on any atom is 0.268 e. The Morgan fingerprint density at radius 2 is 2.21 bits per heavy atom. The predicted octanol–water partition coefficient (Wildman–Crippen LogP) is 3.02. The van der Waals surface area contributed by atoms with E-state index in [1.54, 1.807) is 34.2 Å². The first-order valence-electron chi connectivity index (χ1n) is 8.72. The Bertz CT molecular complexity index is 1140. The van der Waals surface area contributed by atoms with Crippen LogP contribution in [-0.4, -0.2) is 33.3 Å². The summed E-state index contributed by atoms with van der Waals surface area (Å²) in [5.41, 5.74) is 1.85. The number of fused-ring (bicyclic) bond motifs is 1. The van der Waals surface area contributed by atoms with E-state index in [-0.39, 0.29) is 23.8 Å². The zero-order valence-electron chi connectivity index (χ0n) is 15.1. The molecular weight excluding hydrogens is 414 g/mol. The van der Waals surface area contributed by atoms with Crippen LogP contribution < -0.4 is 16.0 Å². The van der Waals surface area contributed by atoms with Crippen LogP contribution >= 0.6 is 22.9 Å². The quantitative estimate of drug-likeness (QED) is 0.413. The summed E-state index contributed by atoms with van der Waals surface area (Å²) in [7, 11) is 0. The molecule has 1 unspecified atom stereocenters. The zero-order chi connectivity index (χ0) is 20.5. The number of thiophene rings is 1. The van der Waals surface area contributed by atoms with E-state index in [0.717, 1.165) is 6.08 Å². The van der Waals surface area contributed by atoms with Crippen LogP contribution in [0.3, 0.4) is 0 Å². The fourth-order valence-electron chi connectivity index (χ4n) is 3.05. The van der Waals surface area contributed by atoms with Crippen molar-refractivity contribution in [2.45, 2.75) is 19.0 Å². The first kappa shape index (κ1) is 19.2. The number of benzene rings is 1. The number of anilines is 2. The van der Waals surface area contributed by atoms with Gasteiger partial charge in [-0.3, -0.25) is 19.7 Å². The van der Waals surface area contributed by atoms with Gasteiger partial charge in [0.25, 0.3) is 5.91 Å². The highest BCUT2D eigenvalue weighted by Crippen LogP contribution is 2.29. The van der Waals surface area contributed by atoms with E-state index in [1.165, 1.54) is 11.3 Å². The SMILES string of the molecule is C=CC(=O)Nc1csc(C(=O)Nc2nc3cccc(Cl)c3n2CC2CC(=O)N2)c1. The lowest BCUT2D eigenvalue weighted by molar-refractivity contribution is -0.128. The number of rotatable bonds is 6. The zero-order valence-corrected chi connectivity index (χ0v) is 16.6. The van der Waals surface area contributed by atoms with Crippen molar-refractivity contribution in [3.63, 3.8) is 0 Å². The van der Waals surface area contributed by atoms with Gasteiger partial charge in [0.05, 0.1) is 32.7 Å². The minimum atomic E-state index is -0.362. The standard InChI is InChI=1S/C19H16ClN5O3S/c1-2-15(26)22-11-6-14(29-9-11)18(28)24-19-23-13-5-3-4-12(20)17(13)25(19)8-10-7-16(27)21-10/h2-6,9-10H,1,7-8H2,(H,21,27)(H,22,26)(H,23,24,28). The molecule has 148 valence electrons. The second-order valence-corrected chi connectivity index (χ2v) is 7.79. The highest BCUT2D eigenvalue weighted by atomic mass is 35.5.